The summed E-state index contributed by atoms with van der Waals surface area (Å²) in [5.74, 6) is 1.18. The van der Waals surface area contributed by atoms with Gasteiger partial charge in [-0.3, -0.25) is 0 Å². The Morgan fingerprint density at radius 1 is 0.913 bits per heavy atom. The average Bonchev–Trinajstić information content (AvgIpc) is 2.58. The Hall–Kier alpha value is -2.60. The summed E-state index contributed by atoms with van der Waals surface area (Å²) in [4.78, 5) is 8.44. The molecule has 0 bridgehead atoms. The number of para-hydroxylation sites is 1. The van der Waals surface area contributed by atoms with Crippen LogP contribution in [0, 0.1) is 0 Å². The minimum absolute atomic E-state index is 0.485. The van der Waals surface area contributed by atoms with Crippen molar-refractivity contribution >= 4 is 38.9 Å². The van der Waals surface area contributed by atoms with E-state index in [9.17, 15) is 0 Å². The molecular formula is C17H16BrN5. The molecule has 0 unspecified atom stereocenters. The van der Waals surface area contributed by atoms with Gasteiger partial charge in [-0.1, -0.05) is 42.5 Å². The number of halogens is 1. The number of nitrogens with zero attached hydrogens (tertiary/aromatic N) is 2. The second kappa shape index (κ2) is 7.11. The largest absolute Gasteiger partial charge is 0.393 e. The predicted molar refractivity (Wildman–Crippen MR) is 97.6 cm³/mol. The van der Waals surface area contributed by atoms with Crippen molar-refractivity contribution in [2.24, 2.45) is 0 Å². The standard InChI is InChI=1S/C17H16BrN5/c18-13-8-4-5-9-14(13)23-17-15(19)16(21-11-22-17)20-10-12-6-2-1-3-7-12/h1-9,11H,10,19H2,(H2,20,21,22,23). The first-order valence-corrected chi connectivity index (χ1v) is 7.93. The Kier molecular flexibility index (Phi) is 4.73. The second-order valence-corrected chi connectivity index (χ2v) is 5.78. The van der Waals surface area contributed by atoms with E-state index < -0.39 is 0 Å². The Balaban J connectivity index is 1.77. The monoisotopic (exact) mass is 369 g/mol. The van der Waals surface area contributed by atoms with E-state index in [0.717, 1.165) is 15.7 Å². The molecule has 116 valence electrons. The van der Waals surface area contributed by atoms with Gasteiger partial charge in [0.15, 0.2) is 11.6 Å². The molecule has 3 rings (SSSR count). The normalized spacial score (nSPS) is 10.3. The molecule has 0 saturated carbocycles. The van der Waals surface area contributed by atoms with E-state index in [1.165, 1.54) is 6.33 Å². The molecule has 5 nitrogen and oxygen atoms in total. The summed E-state index contributed by atoms with van der Waals surface area (Å²) in [5.41, 5.74) is 8.72. The van der Waals surface area contributed by atoms with Crippen molar-refractivity contribution < 1.29 is 0 Å². The minimum atomic E-state index is 0.485. The molecule has 0 fully saturated rings. The molecule has 1 aromatic heterocycles. The highest BCUT2D eigenvalue weighted by atomic mass is 79.9. The summed E-state index contributed by atoms with van der Waals surface area (Å²) in [6.07, 6.45) is 1.49. The van der Waals surface area contributed by atoms with Crippen LogP contribution in [0.15, 0.2) is 65.4 Å². The maximum absolute atomic E-state index is 6.18. The quantitative estimate of drug-likeness (QED) is 0.628. The maximum atomic E-state index is 6.18. The summed E-state index contributed by atoms with van der Waals surface area (Å²) >= 11 is 3.50. The van der Waals surface area contributed by atoms with Crippen LogP contribution in [0.1, 0.15) is 5.56 Å². The molecular weight excluding hydrogens is 354 g/mol. The van der Waals surface area contributed by atoms with Crippen LogP contribution >= 0.6 is 15.9 Å². The number of hydrogen-bond acceptors (Lipinski definition) is 5. The number of nitrogen functional groups attached to an aromatic ring is 1. The van der Waals surface area contributed by atoms with Gasteiger partial charge in [0.1, 0.15) is 12.0 Å². The molecule has 23 heavy (non-hydrogen) atoms. The van der Waals surface area contributed by atoms with Crippen LogP contribution in [0.3, 0.4) is 0 Å². The maximum Gasteiger partial charge on any atom is 0.159 e. The minimum Gasteiger partial charge on any atom is -0.393 e. The van der Waals surface area contributed by atoms with Gasteiger partial charge >= 0.3 is 0 Å². The van der Waals surface area contributed by atoms with E-state index in [1.807, 2.05) is 54.6 Å². The van der Waals surface area contributed by atoms with Gasteiger partial charge in [0, 0.05) is 11.0 Å². The Morgan fingerprint density at radius 3 is 2.39 bits per heavy atom. The average molecular weight is 370 g/mol. The highest BCUT2D eigenvalue weighted by Crippen LogP contribution is 2.29. The molecule has 6 heteroatoms. The molecule has 0 saturated heterocycles. The smallest absolute Gasteiger partial charge is 0.159 e. The van der Waals surface area contributed by atoms with E-state index >= 15 is 0 Å². The zero-order valence-corrected chi connectivity index (χ0v) is 13.9. The number of rotatable bonds is 5. The van der Waals surface area contributed by atoms with Gasteiger partial charge in [-0.25, -0.2) is 9.97 Å². The van der Waals surface area contributed by atoms with Gasteiger partial charge in [-0.2, -0.15) is 0 Å². The lowest BCUT2D eigenvalue weighted by Crippen LogP contribution is -2.08. The summed E-state index contributed by atoms with van der Waals surface area (Å²) in [6.45, 7) is 0.649. The molecule has 0 aliphatic heterocycles. The molecule has 0 aliphatic carbocycles. The van der Waals surface area contributed by atoms with Gasteiger partial charge in [0.05, 0.1) is 5.69 Å². The highest BCUT2D eigenvalue weighted by Gasteiger charge is 2.09. The first-order valence-electron chi connectivity index (χ1n) is 7.14. The lowest BCUT2D eigenvalue weighted by molar-refractivity contribution is 1.09. The summed E-state index contributed by atoms with van der Waals surface area (Å²) < 4.78 is 0.941. The molecule has 0 radical (unpaired) electrons. The van der Waals surface area contributed by atoms with E-state index in [0.29, 0.717) is 23.9 Å². The molecule has 0 amide bonds. The lowest BCUT2D eigenvalue weighted by Gasteiger charge is -2.13. The number of anilines is 4. The highest BCUT2D eigenvalue weighted by molar-refractivity contribution is 9.10. The molecule has 4 N–H and O–H groups in total. The third-order valence-electron chi connectivity index (χ3n) is 3.31. The van der Waals surface area contributed by atoms with E-state index in [-0.39, 0.29) is 0 Å². The van der Waals surface area contributed by atoms with Crippen LogP contribution in [-0.4, -0.2) is 9.97 Å². The number of benzene rings is 2. The van der Waals surface area contributed by atoms with Crippen LogP contribution in [0.4, 0.5) is 23.0 Å². The van der Waals surface area contributed by atoms with Gasteiger partial charge < -0.3 is 16.4 Å². The van der Waals surface area contributed by atoms with E-state index in [4.69, 9.17) is 5.73 Å². The van der Waals surface area contributed by atoms with Crippen molar-refractivity contribution in [3.05, 3.63) is 71.0 Å². The van der Waals surface area contributed by atoms with Crippen LogP contribution < -0.4 is 16.4 Å². The fraction of sp³-hybridized carbons (Fsp3) is 0.0588. The molecule has 0 atom stereocenters. The fourth-order valence-corrected chi connectivity index (χ4v) is 2.49. The first-order chi connectivity index (χ1) is 11.2. The van der Waals surface area contributed by atoms with Crippen molar-refractivity contribution in [1.82, 2.24) is 9.97 Å². The summed E-state index contributed by atoms with van der Waals surface area (Å²) in [7, 11) is 0. The van der Waals surface area contributed by atoms with Crippen LogP contribution in [0.2, 0.25) is 0 Å². The predicted octanol–water partition coefficient (Wildman–Crippen LogP) is 4.18. The Bertz CT molecular complexity index is 792. The van der Waals surface area contributed by atoms with Crippen molar-refractivity contribution in [3.8, 4) is 0 Å². The van der Waals surface area contributed by atoms with Crippen LogP contribution in [-0.2, 0) is 6.54 Å². The topological polar surface area (TPSA) is 75.9 Å². The zero-order chi connectivity index (χ0) is 16.1. The Morgan fingerprint density at radius 2 is 1.61 bits per heavy atom. The summed E-state index contributed by atoms with van der Waals surface area (Å²) in [5, 5.41) is 6.46. The van der Waals surface area contributed by atoms with Gasteiger partial charge in [-0.05, 0) is 33.6 Å². The number of hydrogen-bond donors (Lipinski definition) is 3. The van der Waals surface area contributed by atoms with Crippen LogP contribution in [0.5, 0.6) is 0 Å². The third-order valence-corrected chi connectivity index (χ3v) is 4.01. The molecule has 0 spiro atoms. The zero-order valence-electron chi connectivity index (χ0n) is 12.3. The van der Waals surface area contributed by atoms with Gasteiger partial charge in [0.2, 0.25) is 0 Å². The fourth-order valence-electron chi connectivity index (χ4n) is 2.11. The lowest BCUT2D eigenvalue weighted by atomic mass is 10.2. The Labute approximate surface area is 143 Å². The SMILES string of the molecule is Nc1c(NCc2ccccc2)ncnc1Nc1ccccc1Br. The molecule has 1 heterocycles. The van der Waals surface area contributed by atoms with Gasteiger partial charge in [0.25, 0.3) is 0 Å². The van der Waals surface area contributed by atoms with Crippen molar-refractivity contribution in [2.45, 2.75) is 6.54 Å². The molecule has 0 aliphatic rings. The molecule has 2 aromatic carbocycles. The summed E-state index contributed by atoms with van der Waals surface area (Å²) in [6, 6.07) is 17.9. The second-order valence-electron chi connectivity index (χ2n) is 4.93. The first kappa shape index (κ1) is 15.3. The van der Waals surface area contributed by atoms with Crippen molar-refractivity contribution in [3.63, 3.8) is 0 Å². The molecule has 3 aromatic rings. The number of aromatic nitrogens is 2. The number of nitrogens with one attached hydrogen (secondary N) is 2. The number of nitrogens with two attached hydrogens (primary N) is 1. The van der Waals surface area contributed by atoms with Crippen LogP contribution in [0.25, 0.3) is 0 Å². The van der Waals surface area contributed by atoms with E-state index in [2.05, 4.69) is 36.5 Å². The van der Waals surface area contributed by atoms with Crippen molar-refractivity contribution in [1.29, 1.82) is 0 Å². The van der Waals surface area contributed by atoms with Gasteiger partial charge in [-0.15, -0.1) is 0 Å². The van der Waals surface area contributed by atoms with Crippen molar-refractivity contribution in [2.75, 3.05) is 16.4 Å². The van der Waals surface area contributed by atoms with E-state index in [1.54, 1.807) is 0 Å². The third kappa shape index (κ3) is 3.78.